The average molecular weight is 262 g/mol. The predicted octanol–water partition coefficient (Wildman–Crippen LogP) is 4.30. The van der Waals surface area contributed by atoms with E-state index in [2.05, 4.69) is 13.0 Å². The van der Waals surface area contributed by atoms with Crippen molar-refractivity contribution in [1.82, 2.24) is 0 Å². The van der Waals surface area contributed by atoms with E-state index in [1.165, 1.54) is 5.56 Å². The van der Waals surface area contributed by atoms with Crippen molar-refractivity contribution in [3.05, 3.63) is 59.7 Å². The van der Waals surface area contributed by atoms with Crippen LogP contribution in [0.4, 0.5) is 0 Å². The third kappa shape index (κ3) is 4.77. The number of hydrogen-bond acceptors (Lipinski definition) is 2. The van der Waals surface area contributed by atoms with Crippen LogP contribution in [0, 0.1) is 13.8 Å². The van der Waals surface area contributed by atoms with Crippen molar-refractivity contribution in [3.63, 3.8) is 0 Å². The van der Waals surface area contributed by atoms with Crippen LogP contribution in [0.2, 0.25) is 0 Å². The molecule has 0 fully saturated rings. The minimum absolute atomic E-state index is 0.368. The van der Waals surface area contributed by atoms with Crippen molar-refractivity contribution in [3.8, 4) is 11.5 Å². The van der Waals surface area contributed by atoms with Crippen molar-refractivity contribution in [2.24, 2.45) is 0 Å². The summed E-state index contributed by atoms with van der Waals surface area (Å²) in [5.41, 5.74) is 2.13. The van der Waals surface area contributed by atoms with Gasteiger partial charge in [-0.3, -0.25) is 0 Å². The quantitative estimate of drug-likeness (QED) is 0.818. The van der Waals surface area contributed by atoms with Gasteiger partial charge >= 0.3 is 0 Å². The molecule has 2 rings (SSSR count). The van der Waals surface area contributed by atoms with Crippen LogP contribution in [0.25, 0.3) is 0 Å². The van der Waals surface area contributed by atoms with Crippen LogP contribution < -0.4 is 4.52 Å². The van der Waals surface area contributed by atoms with Gasteiger partial charge < -0.3 is 9.63 Å². The molecule has 0 aliphatic rings. The van der Waals surface area contributed by atoms with Gasteiger partial charge in [-0.1, -0.05) is 36.4 Å². The molecule has 0 radical (unpaired) electrons. The topological polar surface area (TPSA) is 29.5 Å². The maximum Gasteiger partial charge on any atom is 0.125 e. The molecule has 0 aliphatic heterocycles. The van der Waals surface area contributed by atoms with Crippen LogP contribution in [-0.2, 0) is 0 Å². The van der Waals surface area contributed by atoms with Gasteiger partial charge in [0.1, 0.15) is 11.5 Å². The second-order valence-electron chi connectivity index (χ2n) is 3.86. The second-order valence-corrected chi connectivity index (χ2v) is 4.47. The molecular formula is C15H19O2P. The summed E-state index contributed by atoms with van der Waals surface area (Å²) in [6, 6.07) is 15.3. The lowest BCUT2D eigenvalue weighted by atomic mass is 10.2. The smallest absolute Gasteiger partial charge is 0.125 e. The molecule has 96 valence electrons. The molecule has 1 unspecified atom stereocenters. The van der Waals surface area contributed by atoms with Gasteiger partial charge in [0, 0.05) is 0 Å². The third-order valence-electron chi connectivity index (χ3n) is 2.42. The van der Waals surface area contributed by atoms with Crippen LogP contribution in [0.3, 0.4) is 0 Å². The highest BCUT2D eigenvalue weighted by Crippen LogP contribution is 2.21. The van der Waals surface area contributed by atoms with Crippen molar-refractivity contribution in [1.29, 1.82) is 0 Å². The molecule has 0 heterocycles. The Bertz CT molecular complexity index is 462. The van der Waals surface area contributed by atoms with Gasteiger partial charge in [-0.2, -0.15) is 0 Å². The Labute approximate surface area is 110 Å². The normalized spacial score (nSPS) is 9.94. The maximum absolute atomic E-state index is 8.92. The first-order chi connectivity index (χ1) is 8.65. The lowest BCUT2D eigenvalue weighted by Crippen LogP contribution is -1.80. The summed E-state index contributed by atoms with van der Waals surface area (Å²) in [6.07, 6.45) is 0. The molecule has 0 spiro atoms. The van der Waals surface area contributed by atoms with Gasteiger partial charge in [0.15, 0.2) is 0 Å². The highest BCUT2D eigenvalue weighted by molar-refractivity contribution is 7.31. The molecule has 0 saturated carbocycles. The standard InChI is InChI=1S/C8H11OP.C7H8O/c1-7-5-3-4-6-8(7)9-10-2;1-6-4-2-3-5-7(6)8/h3-6,10H,1-2H3;2-5,8H,1H3. The van der Waals surface area contributed by atoms with E-state index >= 15 is 0 Å². The molecule has 1 N–H and O–H groups in total. The van der Waals surface area contributed by atoms with Gasteiger partial charge in [-0.15, -0.1) is 0 Å². The number of rotatable bonds is 2. The Morgan fingerprint density at radius 2 is 1.44 bits per heavy atom. The summed E-state index contributed by atoms with van der Waals surface area (Å²) >= 11 is 0. The molecule has 0 bridgehead atoms. The van der Waals surface area contributed by atoms with E-state index in [-0.39, 0.29) is 0 Å². The zero-order valence-electron chi connectivity index (χ0n) is 11.0. The van der Waals surface area contributed by atoms with Crippen LogP contribution in [0.1, 0.15) is 11.1 Å². The highest BCUT2D eigenvalue weighted by atomic mass is 31.1. The molecule has 2 aromatic rings. The van der Waals surface area contributed by atoms with E-state index in [1.807, 2.05) is 50.0 Å². The number of aromatic hydroxyl groups is 1. The Kier molecular flexibility index (Phi) is 6.24. The Hall–Kier alpha value is -1.53. The van der Waals surface area contributed by atoms with Gasteiger partial charge in [-0.05, 0) is 43.8 Å². The van der Waals surface area contributed by atoms with Crippen molar-refractivity contribution in [2.45, 2.75) is 13.8 Å². The third-order valence-corrected chi connectivity index (χ3v) is 2.85. The van der Waals surface area contributed by atoms with Gasteiger partial charge in [-0.25, -0.2) is 0 Å². The molecule has 0 saturated heterocycles. The van der Waals surface area contributed by atoms with E-state index < -0.39 is 0 Å². The summed E-state index contributed by atoms with van der Waals surface area (Å²) in [5, 5.41) is 8.92. The fraction of sp³-hybridized carbons (Fsp3) is 0.200. The zero-order chi connectivity index (χ0) is 13.4. The zero-order valence-corrected chi connectivity index (χ0v) is 12.0. The Balaban J connectivity index is 0.000000184. The molecule has 3 heteroatoms. The van der Waals surface area contributed by atoms with E-state index in [0.717, 1.165) is 11.3 Å². The van der Waals surface area contributed by atoms with E-state index in [0.29, 0.717) is 14.6 Å². The lowest BCUT2D eigenvalue weighted by molar-refractivity contribution is 0.471. The number of phenols is 1. The Morgan fingerprint density at radius 3 is 1.89 bits per heavy atom. The van der Waals surface area contributed by atoms with E-state index in [4.69, 9.17) is 9.63 Å². The second kappa shape index (κ2) is 7.73. The first-order valence-electron chi connectivity index (χ1n) is 5.79. The molecular weight excluding hydrogens is 243 g/mol. The molecule has 1 atom stereocenters. The van der Waals surface area contributed by atoms with E-state index in [1.54, 1.807) is 6.07 Å². The highest BCUT2D eigenvalue weighted by Gasteiger charge is 1.93. The van der Waals surface area contributed by atoms with Crippen molar-refractivity contribution >= 4 is 8.81 Å². The van der Waals surface area contributed by atoms with E-state index in [9.17, 15) is 0 Å². The lowest BCUT2D eigenvalue weighted by Gasteiger charge is -2.03. The maximum atomic E-state index is 8.92. The predicted molar refractivity (Wildman–Crippen MR) is 78.9 cm³/mol. The SMILES string of the molecule is CPOc1ccccc1C.Cc1ccccc1O. The molecule has 18 heavy (non-hydrogen) atoms. The molecule has 0 aromatic heterocycles. The summed E-state index contributed by atoms with van der Waals surface area (Å²) in [6.45, 7) is 5.94. The van der Waals surface area contributed by atoms with Gasteiger partial charge in [0.25, 0.3) is 0 Å². The minimum atomic E-state index is 0.368. The van der Waals surface area contributed by atoms with Crippen molar-refractivity contribution < 1.29 is 9.63 Å². The number of benzene rings is 2. The largest absolute Gasteiger partial charge is 0.508 e. The van der Waals surface area contributed by atoms with Gasteiger partial charge in [0.2, 0.25) is 0 Å². The fourth-order valence-electron chi connectivity index (χ4n) is 1.34. The molecule has 2 nitrogen and oxygen atoms in total. The number of aryl methyl sites for hydroxylation is 2. The molecule has 2 aromatic carbocycles. The number of para-hydroxylation sites is 2. The molecule has 0 amide bonds. The first-order valence-corrected chi connectivity index (χ1v) is 7.19. The summed E-state index contributed by atoms with van der Waals surface area (Å²) in [5.74, 6) is 1.37. The average Bonchev–Trinajstić information content (AvgIpc) is 2.37. The van der Waals surface area contributed by atoms with Crippen LogP contribution in [0.15, 0.2) is 48.5 Å². The monoisotopic (exact) mass is 262 g/mol. The minimum Gasteiger partial charge on any atom is -0.508 e. The summed E-state index contributed by atoms with van der Waals surface area (Å²) in [7, 11) is 0.532. The number of phenolic OH excluding ortho intramolecular Hbond substituents is 1. The van der Waals surface area contributed by atoms with Crippen LogP contribution in [-0.4, -0.2) is 11.8 Å². The van der Waals surface area contributed by atoms with Crippen LogP contribution >= 0.6 is 8.81 Å². The fourth-order valence-corrected chi connectivity index (χ4v) is 1.79. The number of hydrogen-bond donors (Lipinski definition) is 1. The Morgan fingerprint density at radius 1 is 0.889 bits per heavy atom. The first kappa shape index (κ1) is 14.5. The molecule has 0 aliphatic carbocycles. The summed E-state index contributed by atoms with van der Waals surface area (Å²) < 4.78 is 5.36. The van der Waals surface area contributed by atoms with Crippen LogP contribution in [0.5, 0.6) is 11.5 Å². The summed E-state index contributed by atoms with van der Waals surface area (Å²) in [4.78, 5) is 0. The van der Waals surface area contributed by atoms with Crippen molar-refractivity contribution in [2.75, 3.05) is 6.66 Å². The van der Waals surface area contributed by atoms with Gasteiger partial charge in [0.05, 0.1) is 8.81 Å².